The lowest BCUT2D eigenvalue weighted by atomic mass is 9.93. The fraction of sp³-hybridized carbons (Fsp3) is 0.417. The molecule has 1 aromatic rings. The second-order valence-electron chi connectivity index (χ2n) is 3.65. The number of hydrogen-bond acceptors (Lipinski definition) is 3. The van der Waals surface area contributed by atoms with Gasteiger partial charge in [0.25, 0.3) is 0 Å². The second-order valence-corrected chi connectivity index (χ2v) is 4.06. The van der Waals surface area contributed by atoms with Crippen LogP contribution in [-0.4, -0.2) is 18.2 Å². The highest BCUT2D eigenvalue weighted by Crippen LogP contribution is 2.31. The molecule has 1 rings (SSSR count). The molecule has 0 heterocycles. The van der Waals surface area contributed by atoms with Crippen LogP contribution < -0.4 is 0 Å². The number of hydrogen-bond donors (Lipinski definition) is 1. The summed E-state index contributed by atoms with van der Waals surface area (Å²) < 4.78 is 17.5. The maximum atomic E-state index is 12.9. The standard InChI is InChI=1S/C12H14ClFO3/c1-3-8(12(16)17-2)11(15)9-5-4-7(14)6-10(9)13/h4-6,8,11,15H,3H2,1-2H3. The van der Waals surface area contributed by atoms with Gasteiger partial charge in [-0.05, 0) is 18.6 Å². The molecule has 0 saturated heterocycles. The summed E-state index contributed by atoms with van der Waals surface area (Å²) >= 11 is 5.82. The van der Waals surface area contributed by atoms with Crippen LogP contribution in [-0.2, 0) is 9.53 Å². The lowest BCUT2D eigenvalue weighted by Crippen LogP contribution is -2.23. The number of esters is 1. The van der Waals surface area contributed by atoms with E-state index >= 15 is 0 Å². The molecular formula is C12H14ClFO3. The maximum absolute atomic E-state index is 12.9. The van der Waals surface area contributed by atoms with E-state index in [1.54, 1.807) is 6.92 Å². The van der Waals surface area contributed by atoms with Crippen LogP contribution >= 0.6 is 11.6 Å². The number of methoxy groups -OCH3 is 1. The van der Waals surface area contributed by atoms with Gasteiger partial charge in [0.1, 0.15) is 5.82 Å². The maximum Gasteiger partial charge on any atom is 0.311 e. The third-order valence-electron chi connectivity index (χ3n) is 2.61. The molecule has 94 valence electrons. The van der Waals surface area contributed by atoms with Gasteiger partial charge in [0.2, 0.25) is 0 Å². The first-order valence-corrected chi connectivity index (χ1v) is 5.59. The quantitative estimate of drug-likeness (QED) is 0.847. The molecule has 1 aromatic carbocycles. The highest BCUT2D eigenvalue weighted by Gasteiger charge is 2.28. The van der Waals surface area contributed by atoms with E-state index in [1.165, 1.54) is 19.2 Å². The Labute approximate surface area is 104 Å². The number of rotatable bonds is 4. The Hall–Kier alpha value is -1.13. The minimum absolute atomic E-state index is 0.0971. The summed E-state index contributed by atoms with van der Waals surface area (Å²) in [6.07, 6.45) is -0.692. The molecule has 0 aromatic heterocycles. The zero-order valence-corrected chi connectivity index (χ0v) is 10.4. The zero-order chi connectivity index (χ0) is 13.0. The molecule has 0 spiro atoms. The predicted molar refractivity (Wildman–Crippen MR) is 62.2 cm³/mol. The topological polar surface area (TPSA) is 46.5 Å². The molecule has 3 nitrogen and oxygen atoms in total. The van der Waals surface area contributed by atoms with Crippen LogP contribution in [0.1, 0.15) is 25.0 Å². The average molecular weight is 261 g/mol. The minimum atomic E-state index is -1.10. The molecule has 2 unspecified atom stereocenters. The average Bonchev–Trinajstić information content (AvgIpc) is 2.29. The second kappa shape index (κ2) is 5.98. The summed E-state index contributed by atoms with van der Waals surface area (Å²) in [7, 11) is 1.25. The van der Waals surface area contributed by atoms with E-state index in [2.05, 4.69) is 4.74 Å². The first kappa shape index (κ1) is 13.9. The Bertz CT molecular complexity index is 409. The van der Waals surface area contributed by atoms with Crippen molar-refractivity contribution < 1.29 is 19.0 Å². The third kappa shape index (κ3) is 3.17. The molecule has 0 bridgehead atoms. The Morgan fingerprint density at radius 3 is 2.71 bits per heavy atom. The summed E-state index contributed by atoms with van der Waals surface area (Å²) in [4.78, 5) is 11.4. The fourth-order valence-electron chi connectivity index (χ4n) is 1.63. The molecule has 0 amide bonds. The van der Waals surface area contributed by atoms with Crippen molar-refractivity contribution in [2.24, 2.45) is 5.92 Å². The normalized spacial score (nSPS) is 14.2. The minimum Gasteiger partial charge on any atom is -0.469 e. The summed E-state index contributed by atoms with van der Waals surface area (Å²) in [5.41, 5.74) is 0.324. The molecule has 0 saturated carbocycles. The van der Waals surface area contributed by atoms with E-state index in [9.17, 15) is 14.3 Å². The van der Waals surface area contributed by atoms with Crippen LogP contribution in [0.2, 0.25) is 5.02 Å². The van der Waals surface area contributed by atoms with E-state index in [1.807, 2.05) is 0 Å². The first-order valence-electron chi connectivity index (χ1n) is 5.22. The monoisotopic (exact) mass is 260 g/mol. The van der Waals surface area contributed by atoms with Crippen molar-refractivity contribution in [3.63, 3.8) is 0 Å². The highest BCUT2D eigenvalue weighted by atomic mass is 35.5. The van der Waals surface area contributed by atoms with Gasteiger partial charge < -0.3 is 9.84 Å². The van der Waals surface area contributed by atoms with Gasteiger partial charge in [-0.15, -0.1) is 0 Å². The molecular weight excluding hydrogens is 247 g/mol. The number of aliphatic hydroxyl groups is 1. The number of halogens is 2. The zero-order valence-electron chi connectivity index (χ0n) is 9.61. The van der Waals surface area contributed by atoms with Crippen LogP contribution in [0.4, 0.5) is 4.39 Å². The van der Waals surface area contributed by atoms with Gasteiger partial charge in [0.05, 0.1) is 19.1 Å². The summed E-state index contributed by atoms with van der Waals surface area (Å²) in [6.45, 7) is 1.75. The molecule has 1 N–H and O–H groups in total. The third-order valence-corrected chi connectivity index (χ3v) is 2.93. The number of aliphatic hydroxyl groups excluding tert-OH is 1. The van der Waals surface area contributed by atoms with Gasteiger partial charge in [-0.25, -0.2) is 4.39 Å². The fourth-order valence-corrected chi connectivity index (χ4v) is 1.91. The molecule has 0 radical (unpaired) electrons. The Kier molecular flexibility index (Phi) is 4.90. The lowest BCUT2D eigenvalue weighted by molar-refractivity contribution is -0.149. The van der Waals surface area contributed by atoms with E-state index < -0.39 is 23.8 Å². The van der Waals surface area contributed by atoms with Crippen molar-refractivity contribution in [1.82, 2.24) is 0 Å². The molecule has 5 heteroatoms. The van der Waals surface area contributed by atoms with Crippen molar-refractivity contribution in [2.45, 2.75) is 19.4 Å². The lowest BCUT2D eigenvalue weighted by Gasteiger charge is -2.20. The van der Waals surface area contributed by atoms with E-state index in [0.29, 0.717) is 12.0 Å². The van der Waals surface area contributed by atoms with Crippen LogP contribution in [0.5, 0.6) is 0 Å². The van der Waals surface area contributed by atoms with Crippen LogP contribution in [0.15, 0.2) is 18.2 Å². The number of carbonyl (C=O) groups excluding carboxylic acids is 1. The SMILES string of the molecule is CCC(C(=O)OC)C(O)c1ccc(F)cc1Cl. The van der Waals surface area contributed by atoms with Crippen LogP contribution in [0, 0.1) is 11.7 Å². The van der Waals surface area contributed by atoms with Crippen molar-refractivity contribution in [3.8, 4) is 0 Å². The van der Waals surface area contributed by atoms with Crippen LogP contribution in [0.25, 0.3) is 0 Å². The van der Waals surface area contributed by atoms with Gasteiger partial charge >= 0.3 is 5.97 Å². The smallest absolute Gasteiger partial charge is 0.311 e. The Morgan fingerprint density at radius 2 is 2.24 bits per heavy atom. The van der Waals surface area contributed by atoms with Crippen molar-refractivity contribution in [3.05, 3.63) is 34.6 Å². The van der Waals surface area contributed by atoms with Gasteiger partial charge in [0, 0.05) is 10.6 Å². The van der Waals surface area contributed by atoms with Crippen molar-refractivity contribution in [1.29, 1.82) is 0 Å². The van der Waals surface area contributed by atoms with E-state index in [-0.39, 0.29) is 5.02 Å². The molecule has 17 heavy (non-hydrogen) atoms. The van der Waals surface area contributed by atoms with Gasteiger partial charge in [0.15, 0.2) is 0 Å². The van der Waals surface area contributed by atoms with Crippen LogP contribution in [0.3, 0.4) is 0 Å². The summed E-state index contributed by atoms with van der Waals surface area (Å²) in [6, 6.07) is 3.66. The van der Waals surface area contributed by atoms with Gasteiger partial charge in [-0.1, -0.05) is 24.6 Å². The van der Waals surface area contributed by atoms with Crippen molar-refractivity contribution >= 4 is 17.6 Å². The van der Waals surface area contributed by atoms with E-state index in [0.717, 1.165) is 6.07 Å². The number of carbonyl (C=O) groups is 1. The van der Waals surface area contributed by atoms with Gasteiger partial charge in [-0.3, -0.25) is 4.79 Å². The summed E-state index contributed by atoms with van der Waals surface area (Å²) in [5.74, 6) is -1.71. The Morgan fingerprint density at radius 1 is 1.59 bits per heavy atom. The summed E-state index contributed by atoms with van der Waals surface area (Å²) in [5, 5.41) is 10.1. The number of ether oxygens (including phenoxy) is 1. The highest BCUT2D eigenvalue weighted by molar-refractivity contribution is 6.31. The molecule has 0 fully saturated rings. The Balaban J connectivity index is 3.01. The van der Waals surface area contributed by atoms with Crippen molar-refractivity contribution in [2.75, 3.05) is 7.11 Å². The molecule has 0 aliphatic heterocycles. The molecule has 0 aliphatic carbocycles. The number of benzene rings is 1. The molecule has 0 aliphatic rings. The molecule has 2 atom stereocenters. The van der Waals surface area contributed by atoms with Gasteiger partial charge in [-0.2, -0.15) is 0 Å². The largest absolute Gasteiger partial charge is 0.469 e. The predicted octanol–water partition coefficient (Wildman–Crippen LogP) is 2.71. The van der Waals surface area contributed by atoms with E-state index in [4.69, 9.17) is 11.6 Å². The first-order chi connectivity index (χ1) is 8.01.